The number of ether oxygens (including phenoxy) is 6. The second-order valence-corrected chi connectivity index (χ2v) is 29.9. The molecule has 12 N–H and O–H groups in total. The van der Waals surface area contributed by atoms with E-state index in [0.29, 0.717) is 12.8 Å². The highest BCUT2D eigenvalue weighted by molar-refractivity contribution is 5.76. The molecule has 3 rings (SSSR count). The van der Waals surface area contributed by atoms with Gasteiger partial charge in [0, 0.05) is 6.42 Å². The lowest BCUT2D eigenvalue weighted by Crippen LogP contribution is -2.66. The van der Waals surface area contributed by atoms with Gasteiger partial charge in [-0.25, -0.2) is 0 Å². The van der Waals surface area contributed by atoms with Crippen molar-refractivity contribution in [2.24, 2.45) is 0 Å². The van der Waals surface area contributed by atoms with Crippen molar-refractivity contribution in [1.82, 2.24) is 5.32 Å². The van der Waals surface area contributed by atoms with E-state index < -0.39 is 124 Å². The summed E-state index contributed by atoms with van der Waals surface area (Å²) in [5, 5.41) is 121. The van der Waals surface area contributed by atoms with Crippen LogP contribution in [0.2, 0.25) is 0 Å². The molecule has 3 fully saturated rings. The number of allylic oxidation sites excluding steroid dienone is 19. The van der Waals surface area contributed by atoms with Crippen molar-refractivity contribution in [3.63, 3.8) is 0 Å². The highest BCUT2D eigenvalue weighted by atomic mass is 16.8. The van der Waals surface area contributed by atoms with Gasteiger partial charge in [-0.05, 0) is 96.3 Å². The largest absolute Gasteiger partial charge is 0.394 e. The maximum atomic E-state index is 13.5. The molecule has 108 heavy (non-hydrogen) atoms. The monoisotopic (exact) mass is 1520 g/mol. The predicted molar refractivity (Wildman–Crippen MR) is 433 cm³/mol. The first-order valence-corrected chi connectivity index (χ1v) is 42.8. The van der Waals surface area contributed by atoms with Crippen molar-refractivity contribution in [2.75, 3.05) is 26.4 Å². The summed E-state index contributed by atoms with van der Waals surface area (Å²) in [6.45, 7) is 1.62. The molecular weight excluding hydrogens is 1370 g/mol. The molecule has 3 saturated heterocycles. The van der Waals surface area contributed by atoms with Crippen LogP contribution in [0.4, 0.5) is 0 Å². The number of carbonyl (C=O) groups excluding carboxylic acids is 1. The molecule has 17 unspecified atom stereocenters. The van der Waals surface area contributed by atoms with Crippen molar-refractivity contribution >= 4 is 5.91 Å². The van der Waals surface area contributed by atoms with Gasteiger partial charge in [-0.3, -0.25) is 4.79 Å². The van der Waals surface area contributed by atoms with E-state index in [9.17, 15) is 61.0 Å². The molecule has 0 spiro atoms. The van der Waals surface area contributed by atoms with Gasteiger partial charge in [-0.1, -0.05) is 322 Å². The molecule has 0 aliphatic carbocycles. The standard InChI is InChI=1S/C89H153NO18/c1-3-5-7-9-11-13-15-17-19-21-23-25-27-29-31-33-35-36-37-39-41-43-45-47-49-51-53-55-57-59-61-63-65-67-77(95)90-72(73(94)66-64-62-60-58-56-54-52-50-48-46-44-42-40-38-34-32-30-28-26-24-22-20-18-16-14-12-10-8-6-4-2)71-103-87-83(101)80(98)85(75(69-92)105-87)108-89-84(102)81(99)86(76(70-93)106-89)107-88-82(100)79(97)78(96)74(68-91)104-88/h5,7,11,13,17,19,23,25,29,31,35-36,39,41,45,47,56,58,64,66,72-76,78-89,91-94,96-102H,3-4,6,8-10,12,14-16,18,20-22,24,26-28,30,32-34,37-38,40,42-44,46,48-55,57,59-63,65,67-71H2,1-2H3,(H,90,95)/b7-5-,13-11-,19-17-,25-23-,31-29-,36-35-,41-39-,47-45-,58-56+,66-64+. The first-order chi connectivity index (χ1) is 52.8. The molecular formula is C89H153NO18. The van der Waals surface area contributed by atoms with Crippen molar-refractivity contribution in [3.8, 4) is 0 Å². The molecule has 0 saturated carbocycles. The van der Waals surface area contributed by atoms with Crippen LogP contribution in [0.3, 0.4) is 0 Å². The fourth-order valence-corrected chi connectivity index (χ4v) is 13.7. The van der Waals surface area contributed by atoms with Gasteiger partial charge in [0.2, 0.25) is 5.91 Å². The lowest BCUT2D eigenvalue weighted by Gasteiger charge is -2.48. The zero-order valence-electron chi connectivity index (χ0n) is 66.8. The molecule has 3 aliphatic rings. The fourth-order valence-electron chi connectivity index (χ4n) is 13.7. The summed E-state index contributed by atoms with van der Waals surface area (Å²) in [6, 6.07) is -1.01. The third-order valence-corrected chi connectivity index (χ3v) is 20.5. The molecule has 3 aliphatic heterocycles. The highest BCUT2D eigenvalue weighted by Gasteiger charge is 2.54. The second kappa shape index (κ2) is 67.7. The molecule has 0 aromatic rings. The molecule has 0 bridgehead atoms. The number of hydrogen-bond acceptors (Lipinski definition) is 18. The van der Waals surface area contributed by atoms with Gasteiger partial charge >= 0.3 is 0 Å². The first kappa shape index (κ1) is 98.4. The Morgan fingerprint density at radius 3 is 1.04 bits per heavy atom. The molecule has 3 heterocycles. The van der Waals surface area contributed by atoms with Crippen LogP contribution in [-0.2, 0) is 33.2 Å². The molecule has 0 aromatic heterocycles. The van der Waals surface area contributed by atoms with E-state index >= 15 is 0 Å². The average molecular weight is 1530 g/mol. The number of aliphatic hydroxyl groups is 11. The number of carbonyl (C=O) groups is 1. The maximum absolute atomic E-state index is 13.5. The summed E-state index contributed by atoms with van der Waals surface area (Å²) in [5.41, 5.74) is 0. The van der Waals surface area contributed by atoms with E-state index in [1.807, 2.05) is 6.08 Å². The number of aliphatic hydroxyl groups excluding tert-OH is 11. The van der Waals surface area contributed by atoms with E-state index in [1.54, 1.807) is 6.08 Å². The van der Waals surface area contributed by atoms with Crippen LogP contribution in [0, 0.1) is 0 Å². The number of unbranched alkanes of at least 4 members (excludes halogenated alkanes) is 33. The number of rotatable bonds is 67. The Bertz CT molecular complexity index is 2420. The molecule has 1 amide bonds. The lowest BCUT2D eigenvalue weighted by molar-refractivity contribution is -0.379. The number of hydrogen-bond donors (Lipinski definition) is 12. The SMILES string of the molecule is CC/C=C\C/C=C\C/C=C\C/C=C\C/C=C\C/C=C\C/C=C\C/C=C\CCCCCCCCCCC(=O)NC(COC1OC(CO)C(OC2OC(CO)C(OC3OC(CO)C(O)C(O)C3O)C(O)C2O)C(O)C1O)C(O)/C=C/CC/C=C/CCCCCCCCCCCCCCCCCCCCCCCCCC. The maximum Gasteiger partial charge on any atom is 0.220 e. The van der Waals surface area contributed by atoms with E-state index in [1.165, 1.54) is 154 Å². The molecule has 0 aromatic carbocycles. The van der Waals surface area contributed by atoms with Crippen LogP contribution in [0.1, 0.15) is 303 Å². The van der Waals surface area contributed by atoms with Crippen molar-refractivity contribution in [2.45, 2.75) is 407 Å². The summed E-state index contributed by atoms with van der Waals surface area (Å²) in [4.78, 5) is 13.5. The highest BCUT2D eigenvalue weighted by Crippen LogP contribution is 2.33. The van der Waals surface area contributed by atoms with Crippen LogP contribution in [0.15, 0.2) is 122 Å². The van der Waals surface area contributed by atoms with Gasteiger partial charge in [0.1, 0.15) is 73.2 Å². The zero-order chi connectivity index (χ0) is 78.1. The zero-order valence-corrected chi connectivity index (χ0v) is 66.8. The molecule has 17 atom stereocenters. The van der Waals surface area contributed by atoms with Crippen molar-refractivity contribution in [3.05, 3.63) is 122 Å². The predicted octanol–water partition coefficient (Wildman–Crippen LogP) is 15.5. The molecule has 19 heteroatoms. The van der Waals surface area contributed by atoms with E-state index in [4.69, 9.17) is 28.4 Å². The van der Waals surface area contributed by atoms with E-state index in [0.717, 1.165) is 116 Å². The van der Waals surface area contributed by atoms with Gasteiger partial charge in [0.25, 0.3) is 0 Å². The van der Waals surface area contributed by atoms with Crippen LogP contribution < -0.4 is 5.32 Å². The molecule has 19 nitrogen and oxygen atoms in total. The van der Waals surface area contributed by atoms with Crippen LogP contribution in [0.25, 0.3) is 0 Å². The number of amides is 1. The Balaban J connectivity index is 1.38. The quantitative estimate of drug-likeness (QED) is 0.0199. The topological polar surface area (TPSA) is 307 Å². The summed E-state index contributed by atoms with van der Waals surface area (Å²) in [7, 11) is 0. The normalized spacial score (nSPS) is 26.0. The Morgan fingerprint density at radius 2 is 0.648 bits per heavy atom. The van der Waals surface area contributed by atoms with Crippen molar-refractivity contribution in [1.29, 1.82) is 0 Å². The lowest BCUT2D eigenvalue weighted by atomic mass is 9.96. The third kappa shape index (κ3) is 46.4. The minimum Gasteiger partial charge on any atom is -0.394 e. The minimum atomic E-state index is -1.99. The summed E-state index contributed by atoms with van der Waals surface area (Å²) in [6.07, 6.45) is 69.0. The smallest absolute Gasteiger partial charge is 0.220 e. The van der Waals surface area contributed by atoms with Crippen molar-refractivity contribution < 1.29 is 89.4 Å². The van der Waals surface area contributed by atoms with Gasteiger partial charge < -0.3 is 89.9 Å². The van der Waals surface area contributed by atoms with E-state index in [2.05, 4.69) is 129 Å². The van der Waals surface area contributed by atoms with Gasteiger partial charge in [-0.15, -0.1) is 0 Å². The van der Waals surface area contributed by atoms with Gasteiger partial charge in [0.15, 0.2) is 18.9 Å². The molecule has 622 valence electrons. The average Bonchev–Trinajstić information content (AvgIpc) is 0.779. The Kier molecular flexibility index (Phi) is 61.6. The Labute approximate surface area is 652 Å². The minimum absolute atomic E-state index is 0.218. The van der Waals surface area contributed by atoms with Crippen LogP contribution in [0.5, 0.6) is 0 Å². The Morgan fingerprint density at radius 1 is 0.343 bits per heavy atom. The first-order valence-electron chi connectivity index (χ1n) is 42.8. The third-order valence-electron chi connectivity index (χ3n) is 20.5. The van der Waals surface area contributed by atoms with E-state index in [-0.39, 0.29) is 18.9 Å². The summed E-state index contributed by atoms with van der Waals surface area (Å²) < 4.78 is 34.5. The van der Waals surface area contributed by atoms with Crippen LogP contribution >= 0.6 is 0 Å². The van der Waals surface area contributed by atoms with Gasteiger partial charge in [0.05, 0.1) is 38.6 Å². The summed E-state index contributed by atoms with van der Waals surface area (Å²) in [5.74, 6) is -0.296. The summed E-state index contributed by atoms with van der Waals surface area (Å²) >= 11 is 0. The molecule has 0 radical (unpaired) electrons. The second-order valence-electron chi connectivity index (χ2n) is 29.9. The van der Waals surface area contributed by atoms with Gasteiger partial charge in [-0.2, -0.15) is 0 Å². The van der Waals surface area contributed by atoms with Crippen LogP contribution in [-0.4, -0.2) is 193 Å². The fraction of sp³-hybridized carbons (Fsp3) is 0.764. The number of nitrogens with one attached hydrogen (secondary N) is 1. The Hall–Kier alpha value is -3.81.